The lowest BCUT2D eigenvalue weighted by molar-refractivity contribution is 0.112. The number of hydrogen-bond acceptors (Lipinski definition) is 5. The number of thioether (sulfide) groups is 1. The van der Waals surface area contributed by atoms with Crippen LogP contribution in [-0.4, -0.2) is 16.3 Å². The highest BCUT2D eigenvalue weighted by Crippen LogP contribution is 2.15. The first-order valence-electron chi connectivity index (χ1n) is 2.69. The van der Waals surface area contributed by atoms with Gasteiger partial charge in [0.2, 0.25) is 0 Å². The molecule has 4 nitrogen and oxygen atoms in total. The lowest BCUT2D eigenvalue weighted by Crippen LogP contribution is -1.89. The monoisotopic (exact) mass is 165 g/mol. The zero-order valence-electron chi connectivity index (χ0n) is 5.39. The summed E-state index contributed by atoms with van der Waals surface area (Å²) >= 11 is 0.850. The zero-order valence-corrected chi connectivity index (χ0v) is 6.21. The third-order valence-electron chi connectivity index (χ3n) is 0.972. The minimum absolute atomic E-state index is 0.346. The largest absolute Gasteiger partial charge is 0.298 e. The number of nitrogens with zero attached hydrogens (tertiary/aromatic N) is 3. The predicted molar refractivity (Wildman–Crippen MR) is 38.9 cm³/mol. The van der Waals surface area contributed by atoms with Gasteiger partial charge >= 0.3 is 0 Å². The molecule has 0 fully saturated rings. The van der Waals surface area contributed by atoms with Gasteiger partial charge in [-0.2, -0.15) is 5.26 Å². The van der Waals surface area contributed by atoms with E-state index in [0.717, 1.165) is 11.8 Å². The number of hydrogen-bond donors (Lipinski definition) is 0. The lowest BCUT2D eigenvalue weighted by Gasteiger charge is -1.93. The minimum atomic E-state index is 0.346. The van der Waals surface area contributed by atoms with Crippen LogP contribution in [0.5, 0.6) is 0 Å². The first-order chi connectivity index (χ1) is 5.38. The van der Waals surface area contributed by atoms with Gasteiger partial charge in [0, 0.05) is 18.0 Å². The minimum Gasteiger partial charge on any atom is -0.298 e. The molecule has 1 heterocycles. The van der Waals surface area contributed by atoms with Crippen molar-refractivity contribution in [3.8, 4) is 5.40 Å². The van der Waals surface area contributed by atoms with Crippen LogP contribution in [0, 0.1) is 10.7 Å². The Morgan fingerprint density at radius 1 is 1.73 bits per heavy atom. The summed E-state index contributed by atoms with van der Waals surface area (Å²) in [6.07, 6.45) is 3.30. The Hall–Kier alpha value is -1.41. The molecule has 0 unspecified atom stereocenters. The van der Waals surface area contributed by atoms with E-state index in [1.54, 1.807) is 0 Å². The molecule has 0 atom stereocenters. The fourth-order valence-corrected chi connectivity index (χ4v) is 0.943. The van der Waals surface area contributed by atoms with Crippen molar-refractivity contribution < 1.29 is 4.79 Å². The van der Waals surface area contributed by atoms with Crippen LogP contribution in [0.2, 0.25) is 0 Å². The molecular weight excluding hydrogens is 162 g/mol. The summed E-state index contributed by atoms with van der Waals surface area (Å²) in [6, 6.07) is 0. The molecule has 1 rings (SSSR count). The number of aldehydes is 1. The van der Waals surface area contributed by atoms with E-state index >= 15 is 0 Å². The van der Waals surface area contributed by atoms with Crippen molar-refractivity contribution in [1.29, 1.82) is 5.26 Å². The van der Waals surface area contributed by atoms with Gasteiger partial charge in [-0.05, 0) is 0 Å². The van der Waals surface area contributed by atoms with Gasteiger partial charge in [-0.3, -0.25) is 4.79 Å². The number of rotatable bonds is 2. The molecule has 0 N–H and O–H groups in total. The first kappa shape index (κ1) is 7.69. The molecule has 0 bridgehead atoms. The highest BCUT2D eigenvalue weighted by molar-refractivity contribution is 8.03. The Morgan fingerprint density at radius 3 is 3.18 bits per heavy atom. The van der Waals surface area contributed by atoms with Crippen LogP contribution < -0.4 is 0 Å². The molecule has 1 aromatic rings. The van der Waals surface area contributed by atoms with Crippen LogP contribution in [0.15, 0.2) is 17.6 Å². The van der Waals surface area contributed by atoms with Crippen LogP contribution >= 0.6 is 11.8 Å². The van der Waals surface area contributed by atoms with Crippen molar-refractivity contribution in [2.75, 3.05) is 0 Å². The van der Waals surface area contributed by atoms with E-state index in [1.807, 2.05) is 5.40 Å². The SMILES string of the molecule is N#CSc1ncncc1C=O. The molecule has 0 aromatic carbocycles. The van der Waals surface area contributed by atoms with Crippen molar-refractivity contribution in [1.82, 2.24) is 9.97 Å². The highest BCUT2D eigenvalue weighted by atomic mass is 32.2. The summed E-state index contributed by atoms with van der Waals surface area (Å²) in [5, 5.41) is 10.5. The normalized spacial score (nSPS) is 8.64. The van der Waals surface area contributed by atoms with Crippen molar-refractivity contribution in [3.05, 3.63) is 18.1 Å². The maximum Gasteiger partial charge on any atom is 0.154 e. The van der Waals surface area contributed by atoms with Gasteiger partial charge in [0.1, 0.15) is 16.8 Å². The summed E-state index contributed by atoms with van der Waals surface area (Å²) < 4.78 is 0. The first-order valence-corrected chi connectivity index (χ1v) is 3.51. The van der Waals surface area contributed by atoms with Crippen molar-refractivity contribution in [2.24, 2.45) is 0 Å². The Bertz CT molecular complexity index is 307. The lowest BCUT2D eigenvalue weighted by atomic mass is 10.4. The van der Waals surface area contributed by atoms with Crippen molar-refractivity contribution >= 4 is 18.0 Å². The van der Waals surface area contributed by atoms with Gasteiger partial charge in [0.15, 0.2) is 6.29 Å². The Morgan fingerprint density at radius 2 is 2.55 bits per heavy atom. The number of carbonyl (C=O) groups is 1. The molecule has 1 aromatic heterocycles. The van der Waals surface area contributed by atoms with Gasteiger partial charge in [0.05, 0.1) is 5.56 Å². The van der Waals surface area contributed by atoms with Crippen molar-refractivity contribution in [3.63, 3.8) is 0 Å². The number of aromatic nitrogens is 2. The second kappa shape index (κ2) is 3.68. The fraction of sp³-hybridized carbons (Fsp3) is 0. The number of carbonyl (C=O) groups excluding carboxylic acids is 1. The third kappa shape index (κ3) is 1.75. The van der Waals surface area contributed by atoms with Gasteiger partial charge in [-0.15, -0.1) is 0 Å². The van der Waals surface area contributed by atoms with Gasteiger partial charge in [-0.1, -0.05) is 0 Å². The molecule has 0 aliphatic carbocycles. The fourth-order valence-electron chi connectivity index (χ4n) is 0.539. The highest BCUT2D eigenvalue weighted by Gasteiger charge is 2.01. The maximum atomic E-state index is 10.3. The van der Waals surface area contributed by atoms with Crippen LogP contribution in [0.25, 0.3) is 0 Å². The number of nitriles is 1. The molecule has 0 aliphatic rings. The molecule has 11 heavy (non-hydrogen) atoms. The van der Waals surface area contributed by atoms with E-state index in [9.17, 15) is 4.79 Å². The molecule has 0 saturated heterocycles. The molecule has 0 saturated carbocycles. The summed E-state index contributed by atoms with van der Waals surface area (Å²) in [5.74, 6) is 0. The topological polar surface area (TPSA) is 66.6 Å². The van der Waals surface area contributed by atoms with Crippen LogP contribution in [0.4, 0.5) is 0 Å². The molecule has 5 heteroatoms. The Labute approximate surface area is 67.3 Å². The van der Waals surface area contributed by atoms with E-state index in [4.69, 9.17) is 5.26 Å². The molecule has 0 radical (unpaired) electrons. The summed E-state index contributed by atoms with van der Waals surface area (Å²) in [7, 11) is 0. The Kier molecular flexibility index (Phi) is 2.58. The molecule has 0 aliphatic heterocycles. The second-order valence-corrected chi connectivity index (χ2v) is 2.37. The van der Waals surface area contributed by atoms with E-state index in [1.165, 1.54) is 12.5 Å². The summed E-state index contributed by atoms with van der Waals surface area (Å²) in [6.45, 7) is 0. The van der Waals surface area contributed by atoms with Crippen molar-refractivity contribution in [2.45, 2.75) is 5.03 Å². The van der Waals surface area contributed by atoms with Crippen LogP contribution in [-0.2, 0) is 0 Å². The van der Waals surface area contributed by atoms with E-state index in [0.29, 0.717) is 16.9 Å². The molecule has 0 amide bonds. The number of thiocyanates is 1. The quantitative estimate of drug-likeness (QED) is 0.281. The zero-order chi connectivity index (χ0) is 8.10. The maximum absolute atomic E-state index is 10.3. The molecule has 54 valence electrons. The second-order valence-electron chi connectivity index (χ2n) is 1.59. The van der Waals surface area contributed by atoms with Crippen LogP contribution in [0.1, 0.15) is 10.4 Å². The molecular formula is C6H3N3OS. The average Bonchev–Trinajstić information content (AvgIpc) is 2.06. The standard InChI is InChI=1S/C6H3N3OS/c7-3-11-6-5(2-10)1-8-4-9-6/h1-2,4H. The predicted octanol–water partition coefficient (Wildman–Crippen LogP) is 0.862. The van der Waals surface area contributed by atoms with Gasteiger partial charge in [-0.25, -0.2) is 9.97 Å². The van der Waals surface area contributed by atoms with E-state index < -0.39 is 0 Å². The summed E-state index contributed by atoms with van der Waals surface area (Å²) in [4.78, 5) is 17.7. The van der Waals surface area contributed by atoms with E-state index in [-0.39, 0.29) is 0 Å². The van der Waals surface area contributed by atoms with Gasteiger partial charge < -0.3 is 0 Å². The molecule has 0 spiro atoms. The van der Waals surface area contributed by atoms with Gasteiger partial charge in [0.25, 0.3) is 0 Å². The van der Waals surface area contributed by atoms with Crippen LogP contribution in [0.3, 0.4) is 0 Å². The summed E-state index contributed by atoms with van der Waals surface area (Å²) in [5.41, 5.74) is 0.346. The smallest absolute Gasteiger partial charge is 0.154 e. The average molecular weight is 165 g/mol. The van der Waals surface area contributed by atoms with E-state index in [2.05, 4.69) is 9.97 Å². The Balaban J connectivity index is 3.04. The third-order valence-corrected chi connectivity index (χ3v) is 1.60.